The van der Waals surface area contributed by atoms with Crippen molar-refractivity contribution in [2.24, 2.45) is 5.18 Å². The quantitative estimate of drug-likeness (QED) is 0.201. The highest BCUT2D eigenvalue weighted by atomic mass is 31.2. The maximum absolute atomic E-state index is 11.3. The standard InChI is InChI=1S/C8H7N2O8P/c11-8(7(9-12)19(15,16)17)18-6-3-1-5(2-4-6)10(13)14/h1-4,7H,(H2,15,16,17). The van der Waals surface area contributed by atoms with Crippen LogP contribution >= 0.6 is 7.60 Å². The van der Waals surface area contributed by atoms with Crippen LogP contribution in [0, 0.1) is 15.0 Å². The van der Waals surface area contributed by atoms with Crippen LogP contribution in [0.25, 0.3) is 0 Å². The number of ether oxygens (including phenoxy) is 1. The molecule has 10 nitrogen and oxygen atoms in total. The van der Waals surface area contributed by atoms with E-state index in [4.69, 9.17) is 9.79 Å². The average molecular weight is 290 g/mol. The average Bonchev–Trinajstić information content (AvgIpc) is 2.28. The molecule has 1 aromatic carbocycles. The summed E-state index contributed by atoms with van der Waals surface area (Å²) in [5, 5.41) is 12.4. The summed E-state index contributed by atoms with van der Waals surface area (Å²) in [6, 6.07) is 4.11. The molecule has 0 bridgehead atoms. The fourth-order valence-electron chi connectivity index (χ4n) is 1.05. The van der Waals surface area contributed by atoms with E-state index in [-0.39, 0.29) is 11.4 Å². The number of non-ortho nitro benzene ring substituents is 1. The number of nitro groups is 1. The van der Waals surface area contributed by atoms with Crippen LogP contribution in [-0.2, 0) is 9.36 Å². The molecule has 0 aliphatic rings. The Morgan fingerprint density at radius 3 is 2.26 bits per heavy atom. The number of carbonyl (C=O) groups is 1. The summed E-state index contributed by atoms with van der Waals surface area (Å²) >= 11 is 0. The summed E-state index contributed by atoms with van der Waals surface area (Å²) < 4.78 is 15.2. The zero-order valence-corrected chi connectivity index (χ0v) is 9.97. The number of rotatable bonds is 5. The molecule has 11 heteroatoms. The van der Waals surface area contributed by atoms with Crippen molar-refractivity contribution in [3.05, 3.63) is 39.3 Å². The van der Waals surface area contributed by atoms with Crippen LogP contribution in [0.5, 0.6) is 5.75 Å². The van der Waals surface area contributed by atoms with Crippen LogP contribution in [-0.4, -0.2) is 26.5 Å². The molecule has 0 spiro atoms. The second-order valence-corrected chi connectivity index (χ2v) is 4.91. The van der Waals surface area contributed by atoms with Crippen LogP contribution in [0.15, 0.2) is 29.4 Å². The van der Waals surface area contributed by atoms with Crippen molar-refractivity contribution in [1.82, 2.24) is 0 Å². The Morgan fingerprint density at radius 1 is 1.37 bits per heavy atom. The summed E-state index contributed by atoms with van der Waals surface area (Å²) in [7, 11) is -5.06. The van der Waals surface area contributed by atoms with Crippen molar-refractivity contribution in [3.63, 3.8) is 0 Å². The first-order chi connectivity index (χ1) is 8.75. The van der Waals surface area contributed by atoms with E-state index in [1.54, 1.807) is 0 Å². The Bertz CT molecular complexity index is 550. The molecule has 2 N–H and O–H groups in total. The summed E-state index contributed by atoms with van der Waals surface area (Å²) in [6.07, 6.45) is 0. The zero-order valence-electron chi connectivity index (χ0n) is 9.07. The Labute approximate surface area is 105 Å². The molecule has 0 heterocycles. The number of nitroso groups, excluding NO2 is 1. The van der Waals surface area contributed by atoms with Crippen molar-refractivity contribution < 1.29 is 28.8 Å². The molecule has 102 valence electrons. The molecule has 19 heavy (non-hydrogen) atoms. The van der Waals surface area contributed by atoms with Gasteiger partial charge in [0.1, 0.15) is 5.75 Å². The second-order valence-electron chi connectivity index (χ2n) is 3.24. The number of nitrogens with zero attached hydrogens (tertiary/aromatic N) is 2. The van der Waals surface area contributed by atoms with E-state index < -0.39 is 24.3 Å². The van der Waals surface area contributed by atoms with Crippen molar-refractivity contribution in [2.45, 2.75) is 5.78 Å². The molecule has 0 fully saturated rings. The summed E-state index contributed by atoms with van der Waals surface area (Å²) in [5.41, 5.74) is -0.264. The molecule has 1 unspecified atom stereocenters. The van der Waals surface area contributed by atoms with Gasteiger partial charge < -0.3 is 14.5 Å². The number of benzene rings is 1. The molecule has 0 aliphatic carbocycles. The minimum absolute atomic E-state index is 0.210. The molecule has 0 aliphatic heterocycles. The van der Waals surface area contributed by atoms with E-state index in [0.29, 0.717) is 0 Å². The molecule has 1 rings (SSSR count). The van der Waals surface area contributed by atoms with Crippen LogP contribution in [0.3, 0.4) is 0 Å². The zero-order chi connectivity index (χ0) is 14.6. The molecule has 1 aromatic rings. The number of hydrogen-bond acceptors (Lipinski definition) is 7. The Hall–Kier alpha value is -2.16. The van der Waals surface area contributed by atoms with E-state index in [9.17, 15) is 24.4 Å². The monoisotopic (exact) mass is 290 g/mol. The van der Waals surface area contributed by atoms with Gasteiger partial charge in [0.2, 0.25) is 0 Å². The van der Waals surface area contributed by atoms with E-state index >= 15 is 0 Å². The van der Waals surface area contributed by atoms with Crippen LogP contribution < -0.4 is 4.74 Å². The van der Waals surface area contributed by atoms with Crippen molar-refractivity contribution in [2.75, 3.05) is 0 Å². The fourth-order valence-corrected chi connectivity index (χ4v) is 1.50. The summed E-state index contributed by atoms with van der Waals surface area (Å²) in [4.78, 5) is 48.5. The topological polar surface area (TPSA) is 156 Å². The molecule has 0 radical (unpaired) electrons. The van der Waals surface area contributed by atoms with Crippen molar-refractivity contribution >= 4 is 19.3 Å². The first kappa shape index (κ1) is 14.9. The maximum atomic E-state index is 11.3. The number of carbonyl (C=O) groups excluding carboxylic acids is 1. The SMILES string of the molecule is O=NC(C(=O)Oc1ccc([N+](=O)[O-])cc1)P(=O)(O)O. The molecular formula is C8H7N2O8P. The van der Waals surface area contributed by atoms with Crippen molar-refractivity contribution in [3.8, 4) is 5.75 Å². The first-order valence-corrected chi connectivity index (χ1v) is 6.27. The molecular weight excluding hydrogens is 283 g/mol. The fraction of sp³-hybridized carbons (Fsp3) is 0.125. The Balaban J connectivity index is 2.85. The minimum Gasteiger partial charge on any atom is -0.424 e. The van der Waals surface area contributed by atoms with Gasteiger partial charge in [0.05, 0.1) is 4.92 Å². The van der Waals surface area contributed by atoms with Gasteiger partial charge in [-0.3, -0.25) is 14.7 Å². The summed E-state index contributed by atoms with van der Waals surface area (Å²) in [5.74, 6) is -4.22. The van der Waals surface area contributed by atoms with Crippen LogP contribution in [0.4, 0.5) is 5.69 Å². The minimum atomic E-state index is -5.06. The lowest BCUT2D eigenvalue weighted by molar-refractivity contribution is -0.384. The third kappa shape index (κ3) is 3.91. The van der Waals surface area contributed by atoms with Gasteiger partial charge in [-0.15, -0.1) is 4.91 Å². The predicted molar refractivity (Wildman–Crippen MR) is 60.4 cm³/mol. The van der Waals surface area contributed by atoms with Gasteiger partial charge in [-0.05, 0) is 17.3 Å². The molecule has 0 aromatic heterocycles. The van der Waals surface area contributed by atoms with E-state index in [0.717, 1.165) is 24.3 Å². The lowest BCUT2D eigenvalue weighted by Gasteiger charge is -2.10. The normalized spacial score (nSPS) is 12.5. The smallest absolute Gasteiger partial charge is 0.365 e. The summed E-state index contributed by atoms with van der Waals surface area (Å²) in [6.45, 7) is 0. The van der Waals surface area contributed by atoms with Gasteiger partial charge in [-0.25, -0.2) is 4.79 Å². The van der Waals surface area contributed by atoms with Gasteiger partial charge in [0.25, 0.3) is 11.5 Å². The van der Waals surface area contributed by atoms with E-state index in [1.807, 2.05) is 5.18 Å². The van der Waals surface area contributed by atoms with Gasteiger partial charge in [-0.1, -0.05) is 0 Å². The Kier molecular flexibility index (Phi) is 4.43. The lowest BCUT2D eigenvalue weighted by atomic mass is 10.3. The second kappa shape index (κ2) is 5.65. The number of nitro benzene ring substituents is 1. The van der Waals surface area contributed by atoms with E-state index in [1.165, 1.54) is 0 Å². The third-order valence-corrected chi connectivity index (χ3v) is 2.84. The van der Waals surface area contributed by atoms with Gasteiger partial charge in [0, 0.05) is 12.1 Å². The molecule has 0 saturated heterocycles. The molecule has 0 amide bonds. The number of esters is 1. The van der Waals surface area contributed by atoms with E-state index in [2.05, 4.69) is 4.74 Å². The van der Waals surface area contributed by atoms with Crippen LogP contribution in [0.2, 0.25) is 0 Å². The Morgan fingerprint density at radius 2 is 1.89 bits per heavy atom. The first-order valence-electron chi connectivity index (χ1n) is 4.59. The number of hydrogen-bond donors (Lipinski definition) is 2. The van der Waals surface area contributed by atoms with Gasteiger partial charge >= 0.3 is 13.6 Å². The van der Waals surface area contributed by atoms with Gasteiger partial charge in [0.15, 0.2) is 0 Å². The largest absolute Gasteiger partial charge is 0.424 e. The third-order valence-electron chi connectivity index (χ3n) is 1.90. The highest BCUT2D eigenvalue weighted by Gasteiger charge is 2.39. The predicted octanol–water partition coefficient (Wildman–Crippen LogP) is 0.770. The van der Waals surface area contributed by atoms with Crippen molar-refractivity contribution in [1.29, 1.82) is 0 Å². The van der Waals surface area contributed by atoms with Crippen LogP contribution in [0.1, 0.15) is 0 Å². The lowest BCUT2D eigenvalue weighted by Crippen LogP contribution is -2.23. The highest BCUT2D eigenvalue weighted by Crippen LogP contribution is 2.42. The molecule has 0 saturated carbocycles. The highest BCUT2D eigenvalue weighted by molar-refractivity contribution is 7.53. The molecule has 1 atom stereocenters. The van der Waals surface area contributed by atoms with Gasteiger partial charge in [-0.2, -0.15) is 0 Å². The maximum Gasteiger partial charge on any atom is 0.365 e.